The third kappa shape index (κ3) is 1.95. The van der Waals surface area contributed by atoms with Gasteiger partial charge in [0.2, 0.25) is 0 Å². The summed E-state index contributed by atoms with van der Waals surface area (Å²) in [6.45, 7) is 0.920. The highest BCUT2D eigenvalue weighted by Gasteiger charge is 2.04. The molecule has 1 aromatic carbocycles. The van der Waals surface area contributed by atoms with E-state index in [0.717, 1.165) is 24.2 Å². The molecule has 0 unspecified atom stereocenters. The van der Waals surface area contributed by atoms with E-state index in [9.17, 15) is 0 Å². The molecule has 0 bridgehead atoms. The van der Waals surface area contributed by atoms with Crippen molar-refractivity contribution in [3.05, 3.63) is 60.6 Å². The minimum Gasteiger partial charge on any atom is -0.397 e. The van der Waals surface area contributed by atoms with Crippen molar-refractivity contribution in [3.63, 3.8) is 0 Å². The number of nitrogens with two attached hydrogens (primary N) is 1. The Morgan fingerprint density at radius 2 is 2.06 bits per heavy atom. The zero-order valence-electron chi connectivity index (χ0n) is 10.1. The van der Waals surface area contributed by atoms with Gasteiger partial charge in [-0.2, -0.15) is 0 Å². The van der Waals surface area contributed by atoms with E-state index in [4.69, 9.17) is 5.73 Å². The SMILES string of the molecule is Nc1cccc2ccn(CCc3cccnc3)c12. The molecule has 0 saturated heterocycles. The summed E-state index contributed by atoms with van der Waals surface area (Å²) in [5, 5.41) is 1.20. The van der Waals surface area contributed by atoms with Crippen molar-refractivity contribution < 1.29 is 0 Å². The van der Waals surface area contributed by atoms with E-state index < -0.39 is 0 Å². The van der Waals surface area contributed by atoms with Gasteiger partial charge in [0.1, 0.15) is 0 Å². The molecule has 2 heterocycles. The Bertz CT molecular complexity index is 656. The third-order valence-corrected chi connectivity index (χ3v) is 3.18. The molecule has 0 atom stereocenters. The van der Waals surface area contributed by atoms with E-state index in [0.29, 0.717) is 0 Å². The van der Waals surface area contributed by atoms with Crippen molar-refractivity contribution in [1.82, 2.24) is 9.55 Å². The Labute approximate surface area is 106 Å². The lowest BCUT2D eigenvalue weighted by atomic mass is 10.2. The minimum atomic E-state index is 0.837. The zero-order chi connectivity index (χ0) is 12.4. The van der Waals surface area contributed by atoms with Crippen LogP contribution in [0.3, 0.4) is 0 Å². The van der Waals surface area contributed by atoms with Crippen LogP contribution in [0, 0.1) is 0 Å². The van der Waals surface area contributed by atoms with Crippen LogP contribution in [0.4, 0.5) is 5.69 Å². The van der Waals surface area contributed by atoms with Crippen LogP contribution in [0.5, 0.6) is 0 Å². The summed E-state index contributed by atoms with van der Waals surface area (Å²) in [6, 6.07) is 12.2. The second-order valence-electron chi connectivity index (χ2n) is 4.41. The maximum atomic E-state index is 6.04. The normalized spacial score (nSPS) is 10.9. The van der Waals surface area contributed by atoms with Crippen molar-refractivity contribution in [2.24, 2.45) is 0 Å². The van der Waals surface area contributed by atoms with Gasteiger partial charge in [0, 0.05) is 30.5 Å². The molecule has 0 aliphatic carbocycles. The van der Waals surface area contributed by atoms with E-state index in [1.165, 1.54) is 10.9 Å². The van der Waals surface area contributed by atoms with Gasteiger partial charge in [0.15, 0.2) is 0 Å². The van der Waals surface area contributed by atoms with Gasteiger partial charge in [-0.25, -0.2) is 0 Å². The average molecular weight is 237 g/mol. The molecule has 2 aromatic heterocycles. The largest absolute Gasteiger partial charge is 0.397 e. The Hall–Kier alpha value is -2.29. The first-order chi connectivity index (χ1) is 8.84. The maximum absolute atomic E-state index is 6.04. The quantitative estimate of drug-likeness (QED) is 0.712. The summed E-state index contributed by atoms with van der Waals surface area (Å²) in [7, 11) is 0. The highest BCUT2D eigenvalue weighted by molar-refractivity contribution is 5.90. The number of rotatable bonds is 3. The third-order valence-electron chi connectivity index (χ3n) is 3.18. The number of aromatic nitrogens is 2. The van der Waals surface area contributed by atoms with Gasteiger partial charge in [-0.3, -0.25) is 4.98 Å². The summed E-state index contributed by atoms with van der Waals surface area (Å²) in [5.41, 5.74) is 9.24. The summed E-state index contributed by atoms with van der Waals surface area (Å²) in [6.07, 6.45) is 6.77. The lowest BCUT2D eigenvalue weighted by molar-refractivity contribution is 0.721. The van der Waals surface area contributed by atoms with Crippen molar-refractivity contribution in [2.45, 2.75) is 13.0 Å². The Kier molecular flexibility index (Phi) is 2.73. The van der Waals surface area contributed by atoms with Gasteiger partial charge >= 0.3 is 0 Å². The first kappa shape index (κ1) is 10.8. The van der Waals surface area contributed by atoms with E-state index >= 15 is 0 Å². The van der Waals surface area contributed by atoms with Gasteiger partial charge in [-0.05, 0) is 30.2 Å². The lowest BCUT2D eigenvalue weighted by Gasteiger charge is -2.07. The molecule has 3 aromatic rings. The number of aryl methyl sites for hydroxylation is 2. The van der Waals surface area contributed by atoms with Gasteiger partial charge in [0.05, 0.1) is 11.2 Å². The lowest BCUT2D eigenvalue weighted by Crippen LogP contribution is -2.01. The molecule has 18 heavy (non-hydrogen) atoms. The summed E-state index contributed by atoms with van der Waals surface area (Å²) in [5.74, 6) is 0. The Morgan fingerprint density at radius 3 is 2.89 bits per heavy atom. The van der Waals surface area contributed by atoms with Crippen LogP contribution in [0.15, 0.2) is 55.0 Å². The predicted octanol–water partition coefficient (Wildman–Crippen LogP) is 2.86. The molecular formula is C15H15N3. The van der Waals surface area contributed by atoms with Crippen LogP contribution in [-0.2, 0) is 13.0 Å². The number of nitrogen functional groups attached to an aromatic ring is 1. The highest BCUT2D eigenvalue weighted by Crippen LogP contribution is 2.22. The number of para-hydroxylation sites is 1. The molecule has 0 aliphatic rings. The van der Waals surface area contributed by atoms with Crippen molar-refractivity contribution >= 4 is 16.6 Å². The Balaban J connectivity index is 1.87. The highest BCUT2D eigenvalue weighted by atomic mass is 15.0. The van der Waals surface area contributed by atoms with Gasteiger partial charge in [-0.15, -0.1) is 0 Å². The molecule has 3 rings (SSSR count). The van der Waals surface area contributed by atoms with Gasteiger partial charge < -0.3 is 10.3 Å². The molecular weight excluding hydrogens is 222 g/mol. The van der Waals surface area contributed by atoms with Gasteiger partial charge in [0.25, 0.3) is 0 Å². The fraction of sp³-hybridized carbons (Fsp3) is 0.133. The monoisotopic (exact) mass is 237 g/mol. The minimum absolute atomic E-state index is 0.837. The average Bonchev–Trinajstić information content (AvgIpc) is 2.82. The number of fused-ring (bicyclic) bond motifs is 1. The summed E-state index contributed by atoms with van der Waals surface area (Å²) >= 11 is 0. The zero-order valence-corrected chi connectivity index (χ0v) is 10.1. The second kappa shape index (κ2) is 4.53. The van der Waals surface area contributed by atoms with Crippen molar-refractivity contribution in [1.29, 1.82) is 0 Å². The topological polar surface area (TPSA) is 43.8 Å². The van der Waals surface area contributed by atoms with Crippen molar-refractivity contribution in [2.75, 3.05) is 5.73 Å². The standard InChI is InChI=1S/C15H15N3/c16-14-5-1-4-13-7-10-18(15(13)14)9-6-12-3-2-8-17-11-12/h1-5,7-8,10-11H,6,9,16H2. The number of benzene rings is 1. The second-order valence-corrected chi connectivity index (χ2v) is 4.41. The molecule has 0 radical (unpaired) electrons. The van der Waals surface area contributed by atoms with Crippen LogP contribution in [0.1, 0.15) is 5.56 Å². The summed E-state index contributed by atoms with van der Waals surface area (Å²) < 4.78 is 2.21. The van der Waals surface area contributed by atoms with Gasteiger partial charge in [-0.1, -0.05) is 18.2 Å². The molecule has 0 saturated carbocycles. The van der Waals surface area contributed by atoms with E-state index in [2.05, 4.69) is 33.9 Å². The van der Waals surface area contributed by atoms with E-state index in [-0.39, 0.29) is 0 Å². The van der Waals surface area contributed by atoms with Crippen LogP contribution in [0.25, 0.3) is 10.9 Å². The molecule has 0 aliphatic heterocycles. The number of hydrogen-bond acceptors (Lipinski definition) is 2. The molecule has 0 amide bonds. The molecule has 0 fully saturated rings. The van der Waals surface area contributed by atoms with Crippen LogP contribution in [0.2, 0.25) is 0 Å². The number of nitrogens with zero attached hydrogens (tertiary/aromatic N) is 2. The molecule has 0 spiro atoms. The van der Waals surface area contributed by atoms with Crippen molar-refractivity contribution in [3.8, 4) is 0 Å². The number of pyridine rings is 1. The molecule has 3 heteroatoms. The maximum Gasteiger partial charge on any atom is 0.0713 e. The summed E-state index contributed by atoms with van der Waals surface area (Å²) in [4.78, 5) is 4.13. The predicted molar refractivity (Wildman–Crippen MR) is 74.3 cm³/mol. The fourth-order valence-corrected chi connectivity index (χ4v) is 2.27. The fourth-order valence-electron chi connectivity index (χ4n) is 2.27. The van der Waals surface area contributed by atoms with E-state index in [1.807, 2.05) is 24.4 Å². The van der Waals surface area contributed by atoms with Crippen LogP contribution in [-0.4, -0.2) is 9.55 Å². The first-order valence-electron chi connectivity index (χ1n) is 6.07. The first-order valence-corrected chi connectivity index (χ1v) is 6.07. The number of hydrogen-bond donors (Lipinski definition) is 1. The molecule has 90 valence electrons. The van der Waals surface area contributed by atoms with E-state index in [1.54, 1.807) is 6.20 Å². The molecule has 2 N–H and O–H groups in total. The Morgan fingerprint density at radius 1 is 1.11 bits per heavy atom. The van der Waals surface area contributed by atoms with Crippen LogP contribution < -0.4 is 5.73 Å². The van der Waals surface area contributed by atoms with Crippen LogP contribution >= 0.6 is 0 Å². The smallest absolute Gasteiger partial charge is 0.0713 e. The number of anilines is 1. The molecule has 3 nitrogen and oxygen atoms in total.